The Balaban J connectivity index is 2.94. The summed E-state index contributed by atoms with van der Waals surface area (Å²) < 4.78 is 26.9. The van der Waals surface area contributed by atoms with Crippen LogP contribution in [0.3, 0.4) is 0 Å². The van der Waals surface area contributed by atoms with Crippen molar-refractivity contribution in [1.29, 1.82) is 0 Å². The zero-order chi connectivity index (χ0) is 14.6. The van der Waals surface area contributed by atoms with Gasteiger partial charge in [-0.2, -0.15) is 0 Å². The molecule has 19 heavy (non-hydrogen) atoms. The Bertz CT molecular complexity index is 410. The van der Waals surface area contributed by atoms with Crippen molar-refractivity contribution >= 4 is 0 Å². The molecule has 0 radical (unpaired) electrons. The zero-order valence-electron chi connectivity index (χ0n) is 12.6. The molecule has 0 saturated heterocycles. The van der Waals surface area contributed by atoms with Gasteiger partial charge in [-0.15, -0.1) is 0 Å². The fourth-order valence-electron chi connectivity index (χ4n) is 2.06. The minimum Gasteiger partial charge on any atom is -0.310 e. The van der Waals surface area contributed by atoms with E-state index in [1.165, 1.54) is 6.07 Å². The fourth-order valence-corrected chi connectivity index (χ4v) is 2.06. The van der Waals surface area contributed by atoms with Crippen molar-refractivity contribution < 1.29 is 8.78 Å². The van der Waals surface area contributed by atoms with E-state index in [0.29, 0.717) is 11.5 Å². The first kappa shape index (κ1) is 16.1. The molecule has 1 nitrogen and oxygen atoms in total. The highest BCUT2D eigenvalue weighted by Gasteiger charge is 2.25. The molecule has 1 N–H and O–H groups in total. The number of nitrogens with one attached hydrogen (secondary N) is 1. The van der Waals surface area contributed by atoms with E-state index in [9.17, 15) is 8.78 Å². The lowest BCUT2D eigenvalue weighted by Gasteiger charge is -2.31. The summed E-state index contributed by atoms with van der Waals surface area (Å²) >= 11 is 0. The van der Waals surface area contributed by atoms with Gasteiger partial charge in [-0.05, 0) is 30.4 Å². The molecule has 0 amide bonds. The highest BCUT2D eigenvalue weighted by molar-refractivity contribution is 5.22. The highest BCUT2D eigenvalue weighted by atomic mass is 19.1. The van der Waals surface area contributed by atoms with Crippen LogP contribution < -0.4 is 5.32 Å². The lowest BCUT2D eigenvalue weighted by Crippen LogP contribution is -2.28. The van der Waals surface area contributed by atoms with Crippen LogP contribution in [0.1, 0.15) is 52.6 Å². The van der Waals surface area contributed by atoms with Gasteiger partial charge in [0.25, 0.3) is 0 Å². The first-order valence-corrected chi connectivity index (χ1v) is 6.94. The van der Waals surface area contributed by atoms with E-state index in [0.717, 1.165) is 19.0 Å². The van der Waals surface area contributed by atoms with Gasteiger partial charge in [-0.3, -0.25) is 0 Å². The third kappa shape index (κ3) is 4.57. The van der Waals surface area contributed by atoms with Crippen molar-refractivity contribution in [1.82, 2.24) is 5.32 Å². The molecule has 0 aliphatic rings. The van der Waals surface area contributed by atoms with Gasteiger partial charge in [0, 0.05) is 17.7 Å². The molecule has 0 aromatic heterocycles. The van der Waals surface area contributed by atoms with Gasteiger partial charge in [0.15, 0.2) is 0 Å². The molecule has 0 bridgehead atoms. The molecule has 0 spiro atoms. The molecule has 1 aromatic carbocycles. The molecule has 1 aromatic rings. The molecule has 3 heteroatoms. The molecule has 2 atom stereocenters. The summed E-state index contributed by atoms with van der Waals surface area (Å²) in [6, 6.07) is 3.76. The van der Waals surface area contributed by atoms with E-state index in [1.807, 2.05) is 6.92 Å². The normalized spacial score (nSPS) is 15.3. The Labute approximate surface area is 115 Å². The van der Waals surface area contributed by atoms with E-state index in [2.05, 4.69) is 33.0 Å². The van der Waals surface area contributed by atoms with Crippen molar-refractivity contribution in [3.8, 4) is 0 Å². The second kappa shape index (κ2) is 6.47. The summed E-state index contributed by atoms with van der Waals surface area (Å²) in [4.78, 5) is 0. The van der Waals surface area contributed by atoms with Gasteiger partial charge in [0.2, 0.25) is 0 Å². The molecule has 2 unspecified atom stereocenters. The van der Waals surface area contributed by atoms with Crippen LogP contribution in [0.15, 0.2) is 18.2 Å². The van der Waals surface area contributed by atoms with Gasteiger partial charge in [0.1, 0.15) is 11.6 Å². The smallest absolute Gasteiger partial charge is 0.130 e. The summed E-state index contributed by atoms with van der Waals surface area (Å²) in [5.74, 6) is -0.562. The monoisotopic (exact) mass is 269 g/mol. The van der Waals surface area contributed by atoms with Crippen molar-refractivity contribution in [3.05, 3.63) is 35.4 Å². The van der Waals surface area contributed by atoms with Gasteiger partial charge in [-0.25, -0.2) is 8.78 Å². The van der Waals surface area contributed by atoms with E-state index in [-0.39, 0.29) is 11.5 Å². The maximum atomic E-state index is 13.9. The lowest BCUT2D eigenvalue weighted by molar-refractivity contribution is 0.222. The van der Waals surface area contributed by atoms with Crippen LogP contribution in [0.25, 0.3) is 0 Å². The van der Waals surface area contributed by atoms with Gasteiger partial charge in [-0.1, -0.05) is 40.7 Å². The topological polar surface area (TPSA) is 12.0 Å². The number of halogens is 2. The SMILES string of the molecule is CCNC(CC(C)C(C)(C)C)c1ccc(F)cc1F. The quantitative estimate of drug-likeness (QED) is 0.818. The maximum absolute atomic E-state index is 13.9. The van der Waals surface area contributed by atoms with Crippen LogP contribution >= 0.6 is 0 Å². The Morgan fingerprint density at radius 2 is 1.84 bits per heavy atom. The van der Waals surface area contributed by atoms with Crippen LogP contribution in [-0.2, 0) is 0 Å². The molecule has 0 aliphatic heterocycles. The molecule has 0 heterocycles. The van der Waals surface area contributed by atoms with Gasteiger partial charge < -0.3 is 5.32 Å². The minimum atomic E-state index is -0.527. The molecule has 0 aliphatic carbocycles. The number of hydrogen-bond acceptors (Lipinski definition) is 1. The van der Waals surface area contributed by atoms with E-state index < -0.39 is 11.6 Å². The fraction of sp³-hybridized carbons (Fsp3) is 0.625. The highest BCUT2D eigenvalue weighted by Crippen LogP contribution is 2.34. The Hall–Kier alpha value is -0.960. The van der Waals surface area contributed by atoms with Crippen molar-refractivity contribution in [2.24, 2.45) is 11.3 Å². The van der Waals surface area contributed by atoms with E-state index in [1.54, 1.807) is 6.07 Å². The van der Waals surface area contributed by atoms with Gasteiger partial charge in [0.05, 0.1) is 0 Å². The second-order valence-corrected chi connectivity index (χ2v) is 6.28. The largest absolute Gasteiger partial charge is 0.310 e. The van der Waals surface area contributed by atoms with Crippen molar-refractivity contribution in [2.75, 3.05) is 6.54 Å². The first-order chi connectivity index (χ1) is 8.75. The molecule has 1 rings (SSSR count). The van der Waals surface area contributed by atoms with Crippen LogP contribution in [0.4, 0.5) is 8.78 Å². The Morgan fingerprint density at radius 3 is 2.32 bits per heavy atom. The van der Waals surface area contributed by atoms with Gasteiger partial charge >= 0.3 is 0 Å². The number of hydrogen-bond donors (Lipinski definition) is 1. The second-order valence-electron chi connectivity index (χ2n) is 6.28. The van der Waals surface area contributed by atoms with Crippen LogP contribution in [0.2, 0.25) is 0 Å². The Morgan fingerprint density at radius 1 is 1.21 bits per heavy atom. The third-order valence-electron chi connectivity index (χ3n) is 3.86. The van der Waals surface area contributed by atoms with E-state index in [4.69, 9.17) is 0 Å². The number of rotatable bonds is 5. The number of benzene rings is 1. The predicted molar refractivity (Wildman–Crippen MR) is 76.0 cm³/mol. The van der Waals surface area contributed by atoms with Crippen LogP contribution in [-0.4, -0.2) is 6.54 Å². The maximum Gasteiger partial charge on any atom is 0.130 e. The van der Waals surface area contributed by atoms with Crippen molar-refractivity contribution in [2.45, 2.75) is 47.1 Å². The summed E-state index contributed by atoms with van der Waals surface area (Å²) in [7, 11) is 0. The summed E-state index contributed by atoms with van der Waals surface area (Å²) in [6.45, 7) is 11.5. The standard InChI is InChI=1S/C16H25F2N/c1-6-19-15(9-11(2)16(3,4)5)13-8-7-12(17)10-14(13)18/h7-8,10-11,15,19H,6,9H2,1-5H3. The molecular formula is C16H25F2N. The first-order valence-electron chi connectivity index (χ1n) is 6.94. The molecular weight excluding hydrogens is 244 g/mol. The Kier molecular flexibility index (Phi) is 5.48. The minimum absolute atomic E-state index is 0.0696. The summed E-state index contributed by atoms with van der Waals surface area (Å²) in [5.41, 5.74) is 0.726. The summed E-state index contributed by atoms with van der Waals surface area (Å²) in [5, 5.41) is 3.30. The predicted octanol–water partition coefficient (Wildman–Crippen LogP) is 4.69. The lowest BCUT2D eigenvalue weighted by atomic mass is 9.77. The van der Waals surface area contributed by atoms with Crippen LogP contribution in [0, 0.1) is 23.0 Å². The zero-order valence-corrected chi connectivity index (χ0v) is 12.6. The average Bonchev–Trinajstić information content (AvgIpc) is 2.27. The summed E-state index contributed by atoms with van der Waals surface area (Å²) in [6.07, 6.45) is 0.833. The third-order valence-corrected chi connectivity index (χ3v) is 3.86. The van der Waals surface area contributed by atoms with Crippen molar-refractivity contribution in [3.63, 3.8) is 0 Å². The molecule has 0 fully saturated rings. The van der Waals surface area contributed by atoms with Crippen LogP contribution in [0.5, 0.6) is 0 Å². The average molecular weight is 269 g/mol. The molecule has 0 saturated carbocycles. The van der Waals surface area contributed by atoms with E-state index >= 15 is 0 Å². The molecule has 108 valence electrons.